The van der Waals surface area contributed by atoms with E-state index in [9.17, 15) is 19.2 Å². The first-order valence-corrected chi connectivity index (χ1v) is 9.34. The first-order valence-electron chi connectivity index (χ1n) is 9.34. The van der Waals surface area contributed by atoms with Crippen LogP contribution in [0, 0.1) is 0 Å². The van der Waals surface area contributed by atoms with Gasteiger partial charge < -0.3 is 34.5 Å². The molecule has 0 aliphatic carbocycles. The van der Waals surface area contributed by atoms with Crippen LogP contribution >= 0.6 is 0 Å². The topological polar surface area (TPSA) is 161 Å². The Bertz CT molecular complexity index is 581. The van der Waals surface area contributed by atoms with Gasteiger partial charge in [-0.2, -0.15) is 0 Å². The standard InChI is InChI=1S/C18H29NO10/c1-10(20)26-9-13-16(27-11(2)21)17(28-12(3)22)15(19)18(29-13)25-8-6-4-5-7-14(23)24/h13,15-18H,4-9,19H2,1-3H3,(H,23,24). The Morgan fingerprint density at radius 3 is 2.10 bits per heavy atom. The molecule has 1 fully saturated rings. The molecule has 5 unspecified atom stereocenters. The smallest absolute Gasteiger partial charge is 0.303 e. The van der Waals surface area contributed by atoms with Crippen molar-refractivity contribution in [2.45, 2.75) is 77.1 Å². The van der Waals surface area contributed by atoms with Crippen LogP contribution in [0.2, 0.25) is 0 Å². The van der Waals surface area contributed by atoms with Gasteiger partial charge in [0, 0.05) is 33.8 Å². The zero-order chi connectivity index (χ0) is 22.0. The number of aliphatic carboxylic acids is 1. The highest BCUT2D eigenvalue weighted by atomic mass is 16.7. The van der Waals surface area contributed by atoms with Crippen LogP contribution in [-0.2, 0) is 42.9 Å². The van der Waals surface area contributed by atoms with Gasteiger partial charge in [-0.3, -0.25) is 19.2 Å². The summed E-state index contributed by atoms with van der Waals surface area (Å²) in [5, 5.41) is 8.63. The van der Waals surface area contributed by atoms with Crippen LogP contribution in [0.25, 0.3) is 0 Å². The third-order valence-corrected chi connectivity index (χ3v) is 4.06. The summed E-state index contributed by atoms with van der Waals surface area (Å²) in [6.07, 6.45) is -2.33. The molecule has 0 saturated carbocycles. The Kier molecular flexibility index (Phi) is 10.6. The lowest BCUT2D eigenvalue weighted by Crippen LogP contribution is -2.64. The third-order valence-electron chi connectivity index (χ3n) is 4.06. The quantitative estimate of drug-likeness (QED) is 0.266. The number of hydrogen-bond donors (Lipinski definition) is 2. The first-order chi connectivity index (χ1) is 13.6. The maximum atomic E-state index is 11.5. The fourth-order valence-electron chi connectivity index (χ4n) is 2.84. The van der Waals surface area contributed by atoms with Gasteiger partial charge in [0.1, 0.15) is 12.7 Å². The molecule has 1 aliphatic heterocycles. The summed E-state index contributed by atoms with van der Waals surface area (Å²) in [4.78, 5) is 44.7. The molecule has 0 aromatic rings. The van der Waals surface area contributed by atoms with Gasteiger partial charge in [-0.25, -0.2) is 0 Å². The van der Waals surface area contributed by atoms with E-state index in [4.69, 9.17) is 34.5 Å². The average molecular weight is 419 g/mol. The Hall–Kier alpha value is -2.24. The van der Waals surface area contributed by atoms with E-state index in [2.05, 4.69) is 0 Å². The number of ether oxygens (including phenoxy) is 5. The molecule has 0 bridgehead atoms. The van der Waals surface area contributed by atoms with E-state index in [0.29, 0.717) is 19.3 Å². The molecule has 0 aromatic heterocycles. The number of carbonyl (C=O) groups is 4. The fraction of sp³-hybridized carbons (Fsp3) is 0.778. The Morgan fingerprint density at radius 1 is 0.931 bits per heavy atom. The second-order valence-electron chi connectivity index (χ2n) is 6.65. The van der Waals surface area contributed by atoms with E-state index in [-0.39, 0.29) is 19.6 Å². The van der Waals surface area contributed by atoms with E-state index >= 15 is 0 Å². The highest BCUT2D eigenvalue weighted by molar-refractivity contribution is 5.68. The normalized spacial score (nSPS) is 26.4. The van der Waals surface area contributed by atoms with Crippen molar-refractivity contribution < 1.29 is 48.0 Å². The summed E-state index contributed by atoms with van der Waals surface area (Å²) in [5.41, 5.74) is 6.13. The van der Waals surface area contributed by atoms with Crippen LogP contribution in [-0.4, -0.2) is 72.8 Å². The zero-order valence-corrected chi connectivity index (χ0v) is 16.8. The van der Waals surface area contributed by atoms with Crippen LogP contribution in [0.15, 0.2) is 0 Å². The number of carboxylic acid groups (broad SMARTS) is 1. The van der Waals surface area contributed by atoms with Gasteiger partial charge in [-0.05, 0) is 12.8 Å². The molecular formula is C18H29NO10. The van der Waals surface area contributed by atoms with E-state index in [0.717, 1.165) is 0 Å². The van der Waals surface area contributed by atoms with Crippen molar-refractivity contribution in [3.05, 3.63) is 0 Å². The van der Waals surface area contributed by atoms with Crippen molar-refractivity contribution in [2.24, 2.45) is 5.73 Å². The van der Waals surface area contributed by atoms with Crippen molar-refractivity contribution >= 4 is 23.9 Å². The van der Waals surface area contributed by atoms with Gasteiger partial charge in [-0.15, -0.1) is 0 Å². The molecule has 5 atom stereocenters. The lowest BCUT2D eigenvalue weighted by molar-refractivity contribution is -0.274. The number of unbranched alkanes of at least 4 members (excludes halogenated alkanes) is 2. The van der Waals surface area contributed by atoms with Crippen molar-refractivity contribution in [3.63, 3.8) is 0 Å². The van der Waals surface area contributed by atoms with Gasteiger partial charge in [0.15, 0.2) is 18.5 Å². The number of nitrogens with two attached hydrogens (primary N) is 1. The molecule has 3 N–H and O–H groups in total. The van der Waals surface area contributed by atoms with E-state index in [1.807, 2.05) is 0 Å². The molecule has 1 aliphatic rings. The number of carbonyl (C=O) groups excluding carboxylic acids is 3. The second-order valence-corrected chi connectivity index (χ2v) is 6.65. The Morgan fingerprint density at radius 2 is 1.55 bits per heavy atom. The molecule has 1 heterocycles. The van der Waals surface area contributed by atoms with Gasteiger partial charge in [0.05, 0.1) is 6.04 Å². The largest absolute Gasteiger partial charge is 0.481 e. The minimum atomic E-state index is -1.08. The highest BCUT2D eigenvalue weighted by Gasteiger charge is 2.49. The highest BCUT2D eigenvalue weighted by Crippen LogP contribution is 2.26. The Labute approximate surface area is 168 Å². The maximum absolute atomic E-state index is 11.5. The zero-order valence-electron chi connectivity index (χ0n) is 16.8. The number of rotatable bonds is 11. The maximum Gasteiger partial charge on any atom is 0.303 e. The number of esters is 3. The van der Waals surface area contributed by atoms with Crippen LogP contribution in [0.3, 0.4) is 0 Å². The fourth-order valence-corrected chi connectivity index (χ4v) is 2.84. The number of hydrogen-bond acceptors (Lipinski definition) is 10. The van der Waals surface area contributed by atoms with Crippen molar-refractivity contribution in [3.8, 4) is 0 Å². The molecule has 29 heavy (non-hydrogen) atoms. The van der Waals surface area contributed by atoms with Gasteiger partial charge in [-0.1, -0.05) is 6.42 Å². The molecular weight excluding hydrogens is 390 g/mol. The third kappa shape index (κ3) is 9.20. The first kappa shape index (κ1) is 24.8. The van der Waals surface area contributed by atoms with Crippen LogP contribution in [0.1, 0.15) is 46.5 Å². The summed E-state index contributed by atoms with van der Waals surface area (Å²) in [5.74, 6) is -2.71. The molecule has 166 valence electrons. The van der Waals surface area contributed by atoms with Gasteiger partial charge in [0.2, 0.25) is 0 Å². The number of carboxylic acids is 1. The molecule has 0 radical (unpaired) electrons. The van der Waals surface area contributed by atoms with Crippen LogP contribution in [0.5, 0.6) is 0 Å². The Balaban J connectivity index is 2.80. The monoisotopic (exact) mass is 419 g/mol. The second kappa shape index (κ2) is 12.3. The summed E-state index contributed by atoms with van der Waals surface area (Å²) in [6, 6.07) is -0.962. The summed E-state index contributed by atoms with van der Waals surface area (Å²) < 4.78 is 26.8. The van der Waals surface area contributed by atoms with Crippen molar-refractivity contribution in [1.82, 2.24) is 0 Å². The predicted octanol–water partition coefficient (Wildman–Crippen LogP) is 0.127. The minimum absolute atomic E-state index is 0.0719. The van der Waals surface area contributed by atoms with E-state index in [1.165, 1.54) is 20.8 Å². The molecule has 1 saturated heterocycles. The average Bonchev–Trinajstić information content (AvgIpc) is 2.60. The van der Waals surface area contributed by atoms with Crippen LogP contribution in [0.4, 0.5) is 0 Å². The summed E-state index contributed by atoms with van der Waals surface area (Å²) >= 11 is 0. The van der Waals surface area contributed by atoms with Gasteiger partial charge in [0.25, 0.3) is 0 Å². The van der Waals surface area contributed by atoms with Crippen molar-refractivity contribution in [1.29, 1.82) is 0 Å². The molecule has 11 heteroatoms. The summed E-state index contributed by atoms with van der Waals surface area (Å²) in [6.45, 7) is 3.55. The molecule has 1 rings (SSSR count). The van der Waals surface area contributed by atoms with Crippen molar-refractivity contribution in [2.75, 3.05) is 13.2 Å². The molecule has 0 spiro atoms. The SMILES string of the molecule is CC(=O)OCC1OC(OCCCCCC(=O)O)C(N)C(OC(C)=O)C1OC(C)=O. The molecule has 0 aromatic carbocycles. The lowest BCUT2D eigenvalue weighted by atomic mass is 9.97. The predicted molar refractivity (Wildman–Crippen MR) is 96.4 cm³/mol. The molecule has 0 amide bonds. The molecule has 11 nitrogen and oxygen atoms in total. The summed E-state index contributed by atoms with van der Waals surface area (Å²) in [7, 11) is 0. The van der Waals surface area contributed by atoms with E-state index < -0.39 is 54.5 Å². The van der Waals surface area contributed by atoms with Crippen LogP contribution < -0.4 is 5.73 Å². The van der Waals surface area contributed by atoms with E-state index in [1.54, 1.807) is 0 Å². The minimum Gasteiger partial charge on any atom is -0.481 e. The van der Waals surface area contributed by atoms with Gasteiger partial charge >= 0.3 is 23.9 Å². The lowest BCUT2D eigenvalue weighted by Gasteiger charge is -2.43.